The molecule has 1 amide bonds. The number of aliphatic imine (C=N–C) groups is 1. The highest BCUT2D eigenvalue weighted by atomic mass is 16.6. The minimum atomic E-state index is -0.512. The molecule has 90 valence electrons. The van der Waals surface area contributed by atoms with Gasteiger partial charge in [0.25, 0.3) is 11.6 Å². The highest BCUT2D eigenvalue weighted by Gasteiger charge is 2.14. The van der Waals surface area contributed by atoms with Gasteiger partial charge in [0.15, 0.2) is 0 Å². The van der Waals surface area contributed by atoms with E-state index in [2.05, 4.69) is 4.99 Å². The van der Waals surface area contributed by atoms with E-state index in [-0.39, 0.29) is 11.3 Å². The third kappa shape index (κ3) is 3.37. The van der Waals surface area contributed by atoms with E-state index in [0.29, 0.717) is 5.56 Å². The van der Waals surface area contributed by atoms with Crippen molar-refractivity contribution in [2.75, 3.05) is 14.1 Å². The van der Waals surface area contributed by atoms with Crippen LogP contribution in [0.15, 0.2) is 23.2 Å². The van der Waals surface area contributed by atoms with Gasteiger partial charge in [-0.25, -0.2) is 0 Å². The molecule has 0 saturated heterocycles. The summed E-state index contributed by atoms with van der Waals surface area (Å²) in [5.41, 5.74) is 0.652. The van der Waals surface area contributed by atoms with E-state index < -0.39 is 10.8 Å². The molecule has 1 aromatic rings. The molecule has 0 aliphatic rings. The molecule has 1 rings (SSSR count). The average molecular weight is 235 g/mol. The summed E-state index contributed by atoms with van der Waals surface area (Å²) in [6.07, 6.45) is 1.36. The Hall–Kier alpha value is -2.24. The summed E-state index contributed by atoms with van der Waals surface area (Å²) >= 11 is 0. The number of nitro benzene ring substituents is 1. The van der Waals surface area contributed by atoms with Gasteiger partial charge in [-0.3, -0.25) is 14.9 Å². The summed E-state index contributed by atoms with van der Waals surface area (Å²) < 4.78 is 0. The van der Waals surface area contributed by atoms with Crippen LogP contribution in [0.1, 0.15) is 15.9 Å². The SMILES string of the molecule is Cc1ccc(C(=O)N=CN(C)C)cc1[N+](=O)[O-]. The summed E-state index contributed by atoms with van der Waals surface area (Å²) in [5, 5.41) is 10.7. The van der Waals surface area contributed by atoms with Crippen LogP contribution in [0.3, 0.4) is 0 Å². The van der Waals surface area contributed by atoms with E-state index in [1.165, 1.54) is 24.5 Å². The minimum absolute atomic E-state index is 0.0732. The van der Waals surface area contributed by atoms with Crippen molar-refractivity contribution in [1.82, 2.24) is 4.90 Å². The number of hydrogen-bond acceptors (Lipinski definition) is 3. The lowest BCUT2D eigenvalue weighted by Gasteiger charge is -2.02. The van der Waals surface area contributed by atoms with Gasteiger partial charge in [-0.2, -0.15) is 4.99 Å². The highest BCUT2D eigenvalue weighted by molar-refractivity contribution is 5.99. The topological polar surface area (TPSA) is 75.8 Å². The molecule has 1 aromatic carbocycles. The zero-order valence-corrected chi connectivity index (χ0v) is 9.88. The maximum atomic E-state index is 11.6. The largest absolute Gasteiger partial charge is 0.369 e. The first-order valence-electron chi connectivity index (χ1n) is 4.92. The van der Waals surface area contributed by atoms with Gasteiger partial charge in [0.2, 0.25) is 0 Å². The summed E-state index contributed by atoms with van der Waals surface area (Å²) in [4.78, 5) is 27.1. The molecule has 0 heterocycles. The smallest absolute Gasteiger partial charge is 0.278 e. The monoisotopic (exact) mass is 235 g/mol. The van der Waals surface area contributed by atoms with Crippen LogP contribution in [0.4, 0.5) is 5.69 Å². The number of benzene rings is 1. The molecule has 0 spiro atoms. The Morgan fingerprint density at radius 2 is 2.12 bits per heavy atom. The van der Waals surface area contributed by atoms with Crippen LogP contribution in [0.5, 0.6) is 0 Å². The number of nitrogens with zero attached hydrogens (tertiary/aromatic N) is 3. The second-order valence-corrected chi connectivity index (χ2v) is 3.77. The number of amides is 1. The Balaban J connectivity index is 3.04. The van der Waals surface area contributed by atoms with Crippen LogP contribution in [0.2, 0.25) is 0 Å². The Morgan fingerprint density at radius 1 is 1.47 bits per heavy atom. The average Bonchev–Trinajstić information content (AvgIpc) is 2.26. The number of rotatable bonds is 3. The first kappa shape index (κ1) is 12.8. The predicted octanol–water partition coefficient (Wildman–Crippen LogP) is 1.63. The lowest BCUT2D eigenvalue weighted by atomic mass is 10.1. The quantitative estimate of drug-likeness (QED) is 0.345. The molecular weight excluding hydrogens is 222 g/mol. The van der Waals surface area contributed by atoms with Gasteiger partial charge in [0, 0.05) is 31.3 Å². The maximum absolute atomic E-state index is 11.6. The van der Waals surface area contributed by atoms with E-state index >= 15 is 0 Å². The Kier molecular flexibility index (Phi) is 3.92. The third-order valence-corrected chi connectivity index (χ3v) is 2.06. The number of aryl methyl sites for hydroxylation is 1. The molecule has 0 fully saturated rings. The van der Waals surface area contributed by atoms with E-state index in [1.54, 1.807) is 25.9 Å². The number of carbonyl (C=O) groups is 1. The fourth-order valence-corrected chi connectivity index (χ4v) is 1.18. The fraction of sp³-hybridized carbons (Fsp3) is 0.273. The first-order chi connectivity index (χ1) is 7.91. The maximum Gasteiger partial charge on any atom is 0.278 e. The Morgan fingerprint density at radius 3 is 2.65 bits per heavy atom. The summed E-state index contributed by atoms with van der Waals surface area (Å²) in [7, 11) is 3.46. The highest BCUT2D eigenvalue weighted by Crippen LogP contribution is 2.19. The molecule has 17 heavy (non-hydrogen) atoms. The standard InChI is InChI=1S/C11H13N3O3/c1-8-4-5-9(6-10(8)14(16)17)11(15)12-7-13(2)3/h4-7H,1-3H3. The predicted molar refractivity (Wildman–Crippen MR) is 64.3 cm³/mol. The van der Waals surface area contributed by atoms with Gasteiger partial charge in [-0.1, -0.05) is 6.07 Å². The van der Waals surface area contributed by atoms with Gasteiger partial charge in [0.1, 0.15) is 0 Å². The van der Waals surface area contributed by atoms with Crippen LogP contribution >= 0.6 is 0 Å². The Bertz CT molecular complexity index is 481. The second-order valence-electron chi connectivity index (χ2n) is 3.77. The van der Waals surface area contributed by atoms with Gasteiger partial charge in [-0.05, 0) is 13.0 Å². The van der Waals surface area contributed by atoms with E-state index in [0.717, 1.165) is 0 Å². The molecule has 0 aromatic heterocycles. The van der Waals surface area contributed by atoms with Crippen molar-refractivity contribution in [3.63, 3.8) is 0 Å². The van der Waals surface area contributed by atoms with Gasteiger partial charge in [-0.15, -0.1) is 0 Å². The van der Waals surface area contributed by atoms with Crippen LogP contribution in [0, 0.1) is 17.0 Å². The molecule has 0 aliphatic heterocycles. The number of nitro groups is 1. The molecule has 6 heteroatoms. The lowest BCUT2D eigenvalue weighted by Crippen LogP contribution is -2.10. The summed E-state index contributed by atoms with van der Waals surface area (Å²) in [6.45, 7) is 1.62. The van der Waals surface area contributed by atoms with Crippen LogP contribution in [0.25, 0.3) is 0 Å². The normalized spacial score (nSPS) is 10.5. The van der Waals surface area contributed by atoms with Gasteiger partial charge >= 0.3 is 0 Å². The molecule has 0 atom stereocenters. The van der Waals surface area contributed by atoms with Crippen LogP contribution in [-0.2, 0) is 0 Å². The van der Waals surface area contributed by atoms with E-state index in [9.17, 15) is 14.9 Å². The molecule has 6 nitrogen and oxygen atoms in total. The van der Waals surface area contributed by atoms with Gasteiger partial charge < -0.3 is 4.90 Å². The molecule has 0 radical (unpaired) electrons. The molecule has 0 N–H and O–H groups in total. The van der Waals surface area contributed by atoms with Crippen LogP contribution < -0.4 is 0 Å². The van der Waals surface area contributed by atoms with Crippen molar-refractivity contribution in [2.24, 2.45) is 4.99 Å². The molecule has 0 saturated carbocycles. The van der Waals surface area contributed by atoms with Crippen molar-refractivity contribution in [2.45, 2.75) is 6.92 Å². The Labute approximate surface area is 98.7 Å². The van der Waals surface area contributed by atoms with Crippen molar-refractivity contribution in [3.8, 4) is 0 Å². The van der Waals surface area contributed by atoms with E-state index in [4.69, 9.17) is 0 Å². The number of hydrogen-bond donors (Lipinski definition) is 0. The van der Waals surface area contributed by atoms with Crippen molar-refractivity contribution >= 4 is 17.9 Å². The molecule has 0 aliphatic carbocycles. The third-order valence-electron chi connectivity index (χ3n) is 2.06. The zero-order chi connectivity index (χ0) is 13.0. The minimum Gasteiger partial charge on any atom is -0.369 e. The molecule has 0 bridgehead atoms. The van der Waals surface area contributed by atoms with Gasteiger partial charge in [0.05, 0.1) is 11.3 Å². The summed E-state index contributed by atoms with van der Waals surface area (Å²) in [6, 6.07) is 4.30. The molecular formula is C11H13N3O3. The first-order valence-corrected chi connectivity index (χ1v) is 4.92. The van der Waals surface area contributed by atoms with E-state index in [1.807, 2.05) is 0 Å². The number of carbonyl (C=O) groups excluding carboxylic acids is 1. The molecule has 0 unspecified atom stereocenters. The lowest BCUT2D eigenvalue weighted by molar-refractivity contribution is -0.385. The van der Waals surface area contributed by atoms with Crippen molar-refractivity contribution in [1.29, 1.82) is 0 Å². The van der Waals surface area contributed by atoms with Crippen molar-refractivity contribution in [3.05, 3.63) is 39.4 Å². The summed E-state index contributed by atoms with van der Waals surface area (Å²) in [5.74, 6) is -0.498. The van der Waals surface area contributed by atoms with Crippen LogP contribution in [-0.4, -0.2) is 36.2 Å². The zero-order valence-electron chi connectivity index (χ0n) is 9.88. The fourth-order valence-electron chi connectivity index (χ4n) is 1.18. The second kappa shape index (κ2) is 5.20. The van der Waals surface area contributed by atoms with Crippen molar-refractivity contribution < 1.29 is 9.72 Å².